The third-order valence-electron chi connectivity index (χ3n) is 3.51. The van der Waals surface area contributed by atoms with Crippen LogP contribution in [0.2, 0.25) is 0 Å². The van der Waals surface area contributed by atoms with Crippen molar-refractivity contribution in [1.82, 2.24) is 15.1 Å². The van der Waals surface area contributed by atoms with Crippen molar-refractivity contribution in [2.75, 3.05) is 26.2 Å². The van der Waals surface area contributed by atoms with Crippen LogP contribution in [0.3, 0.4) is 0 Å². The molecule has 0 radical (unpaired) electrons. The van der Waals surface area contributed by atoms with Gasteiger partial charge in [0.25, 0.3) is 0 Å². The van der Waals surface area contributed by atoms with E-state index in [1.165, 1.54) is 0 Å². The molecule has 0 saturated carbocycles. The van der Waals surface area contributed by atoms with Gasteiger partial charge in [0.05, 0.1) is 0 Å². The molecule has 0 atom stereocenters. The molecule has 3 amide bonds. The summed E-state index contributed by atoms with van der Waals surface area (Å²) >= 11 is 0. The number of carbonyl (C=O) groups excluding carboxylic acids is 2. The Morgan fingerprint density at radius 1 is 1.04 bits per heavy atom. The first kappa shape index (κ1) is 17.1. The number of rotatable bonds is 2. The Kier molecular flexibility index (Phi) is 5.47. The molecule has 0 spiro atoms. The maximum Gasteiger partial charge on any atom is 0.410 e. The highest BCUT2D eigenvalue weighted by molar-refractivity contribution is 5.75. The van der Waals surface area contributed by atoms with E-state index >= 15 is 0 Å². The Labute approximate surface area is 137 Å². The fraction of sp³-hybridized carbons (Fsp3) is 0.529. The zero-order valence-electron chi connectivity index (χ0n) is 14.0. The number of carbonyl (C=O) groups is 2. The van der Waals surface area contributed by atoms with Crippen molar-refractivity contribution >= 4 is 12.1 Å². The first-order valence-corrected chi connectivity index (χ1v) is 7.90. The van der Waals surface area contributed by atoms with Gasteiger partial charge < -0.3 is 19.9 Å². The average Bonchev–Trinajstić information content (AvgIpc) is 2.52. The van der Waals surface area contributed by atoms with Gasteiger partial charge >= 0.3 is 12.1 Å². The maximum absolute atomic E-state index is 12.2. The first-order chi connectivity index (χ1) is 10.8. The number of nitrogens with zero attached hydrogens (tertiary/aromatic N) is 2. The van der Waals surface area contributed by atoms with Crippen molar-refractivity contribution < 1.29 is 14.3 Å². The number of nitrogens with one attached hydrogen (secondary N) is 1. The summed E-state index contributed by atoms with van der Waals surface area (Å²) in [5, 5.41) is 2.90. The summed E-state index contributed by atoms with van der Waals surface area (Å²) in [5.74, 6) is 0. The zero-order valence-corrected chi connectivity index (χ0v) is 14.0. The fourth-order valence-electron chi connectivity index (χ4n) is 2.30. The molecule has 1 aromatic carbocycles. The summed E-state index contributed by atoms with van der Waals surface area (Å²) in [6, 6.07) is 9.68. The monoisotopic (exact) mass is 319 g/mol. The summed E-state index contributed by atoms with van der Waals surface area (Å²) in [6.45, 7) is 8.06. The van der Waals surface area contributed by atoms with Crippen molar-refractivity contribution in [2.45, 2.75) is 32.9 Å². The molecule has 23 heavy (non-hydrogen) atoms. The van der Waals surface area contributed by atoms with E-state index in [9.17, 15) is 9.59 Å². The average molecular weight is 319 g/mol. The van der Waals surface area contributed by atoms with Crippen molar-refractivity contribution in [2.24, 2.45) is 0 Å². The predicted molar refractivity (Wildman–Crippen MR) is 88.1 cm³/mol. The molecule has 6 nitrogen and oxygen atoms in total. The molecule has 0 unspecified atom stereocenters. The lowest BCUT2D eigenvalue weighted by Crippen LogP contribution is -2.53. The Morgan fingerprint density at radius 3 is 2.17 bits per heavy atom. The van der Waals surface area contributed by atoms with Crippen molar-refractivity contribution in [1.29, 1.82) is 0 Å². The molecule has 1 aromatic rings. The molecule has 0 bridgehead atoms. The van der Waals surface area contributed by atoms with Gasteiger partial charge in [-0.2, -0.15) is 0 Å². The van der Waals surface area contributed by atoms with Crippen LogP contribution in [0.15, 0.2) is 30.3 Å². The van der Waals surface area contributed by atoms with Crippen LogP contribution in [0.5, 0.6) is 0 Å². The van der Waals surface area contributed by atoms with Gasteiger partial charge in [0.2, 0.25) is 0 Å². The minimum absolute atomic E-state index is 0.0994. The van der Waals surface area contributed by atoms with Gasteiger partial charge in [-0.25, -0.2) is 9.59 Å². The molecule has 1 heterocycles. The number of urea groups is 1. The van der Waals surface area contributed by atoms with Crippen LogP contribution in [-0.2, 0) is 11.3 Å². The molecular weight excluding hydrogens is 294 g/mol. The van der Waals surface area contributed by atoms with E-state index in [1.54, 1.807) is 9.80 Å². The molecule has 1 aliphatic heterocycles. The lowest BCUT2D eigenvalue weighted by Gasteiger charge is -2.35. The number of piperazine rings is 1. The highest BCUT2D eigenvalue weighted by atomic mass is 16.6. The SMILES string of the molecule is CC(C)(C)OC(=O)N1CCN(C(=O)NCc2ccccc2)CC1. The van der Waals surface area contributed by atoms with Crippen LogP contribution < -0.4 is 5.32 Å². The van der Waals surface area contributed by atoms with Crippen LogP contribution in [0, 0.1) is 0 Å². The van der Waals surface area contributed by atoms with Gasteiger partial charge in [0.1, 0.15) is 5.60 Å². The second kappa shape index (κ2) is 7.35. The Bertz CT molecular complexity index is 532. The first-order valence-electron chi connectivity index (χ1n) is 7.90. The largest absolute Gasteiger partial charge is 0.444 e. The highest BCUT2D eigenvalue weighted by Gasteiger charge is 2.27. The van der Waals surface area contributed by atoms with E-state index in [0.717, 1.165) is 5.56 Å². The van der Waals surface area contributed by atoms with Crippen LogP contribution in [0.4, 0.5) is 9.59 Å². The second-order valence-electron chi connectivity index (χ2n) is 6.60. The molecule has 2 rings (SSSR count). The van der Waals surface area contributed by atoms with E-state index in [2.05, 4.69) is 5.32 Å². The highest BCUT2D eigenvalue weighted by Crippen LogP contribution is 2.12. The van der Waals surface area contributed by atoms with Gasteiger partial charge in [0, 0.05) is 32.7 Å². The summed E-state index contributed by atoms with van der Waals surface area (Å²) in [7, 11) is 0. The number of hydrogen-bond donors (Lipinski definition) is 1. The summed E-state index contributed by atoms with van der Waals surface area (Å²) in [6.07, 6.45) is -0.318. The van der Waals surface area contributed by atoms with E-state index in [1.807, 2.05) is 51.1 Å². The lowest BCUT2D eigenvalue weighted by atomic mass is 10.2. The smallest absolute Gasteiger partial charge is 0.410 e. The standard InChI is InChI=1S/C17H25N3O3/c1-17(2,3)23-16(22)20-11-9-19(10-12-20)15(21)18-13-14-7-5-4-6-8-14/h4-8H,9-13H2,1-3H3,(H,18,21). The van der Waals surface area contributed by atoms with Crippen molar-refractivity contribution in [3.05, 3.63) is 35.9 Å². The molecule has 1 saturated heterocycles. The normalized spacial score (nSPS) is 15.3. The zero-order chi connectivity index (χ0) is 16.9. The predicted octanol–water partition coefficient (Wildman–Crippen LogP) is 2.45. The van der Waals surface area contributed by atoms with Crippen LogP contribution >= 0.6 is 0 Å². The Balaban J connectivity index is 1.75. The van der Waals surface area contributed by atoms with E-state index < -0.39 is 5.60 Å². The third-order valence-corrected chi connectivity index (χ3v) is 3.51. The summed E-state index contributed by atoms with van der Waals surface area (Å²) in [4.78, 5) is 27.5. The van der Waals surface area contributed by atoms with Crippen LogP contribution in [-0.4, -0.2) is 53.7 Å². The molecule has 126 valence electrons. The van der Waals surface area contributed by atoms with E-state index in [4.69, 9.17) is 4.74 Å². The van der Waals surface area contributed by atoms with Gasteiger partial charge in [-0.05, 0) is 26.3 Å². The van der Waals surface area contributed by atoms with Gasteiger partial charge in [-0.1, -0.05) is 30.3 Å². The Morgan fingerprint density at radius 2 is 1.61 bits per heavy atom. The minimum atomic E-state index is -0.499. The molecule has 1 fully saturated rings. The number of hydrogen-bond acceptors (Lipinski definition) is 3. The molecule has 6 heteroatoms. The van der Waals surface area contributed by atoms with E-state index in [0.29, 0.717) is 32.7 Å². The molecular formula is C17H25N3O3. The van der Waals surface area contributed by atoms with Crippen LogP contribution in [0.1, 0.15) is 26.3 Å². The molecule has 1 aliphatic rings. The fourth-order valence-corrected chi connectivity index (χ4v) is 2.30. The second-order valence-corrected chi connectivity index (χ2v) is 6.60. The molecule has 0 aliphatic carbocycles. The van der Waals surface area contributed by atoms with Gasteiger partial charge in [-0.15, -0.1) is 0 Å². The van der Waals surface area contributed by atoms with Gasteiger partial charge in [0.15, 0.2) is 0 Å². The van der Waals surface area contributed by atoms with E-state index in [-0.39, 0.29) is 12.1 Å². The topological polar surface area (TPSA) is 61.9 Å². The molecule has 1 N–H and O–H groups in total. The summed E-state index contributed by atoms with van der Waals surface area (Å²) < 4.78 is 5.35. The lowest BCUT2D eigenvalue weighted by molar-refractivity contribution is 0.0170. The van der Waals surface area contributed by atoms with Crippen LogP contribution in [0.25, 0.3) is 0 Å². The summed E-state index contributed by atoms with van der Waals surface area (Å²) in [5.41, 5.74) is 0.564. The van der Waals surface area contributed by atoms with Crippen molar-refractivity contribution in [3.8, 4) is 0 Å². The quantitative estimate of drug-likeness (QED) is 0.911. The number of amides is 3. The third kappa shape index (κ3) is 5.47. The van der Waals surface area contributed by atoms with Crippen molar-refractivity contribution in [3.63, 3.8) is 0 Å². The Hall–Kier alpha value is -2.24. The van der Waals surface area contributed by atoms with Gasteiger partial charge in [-0.3, -0.25) is 0 Å². The number of ether oxygens (including phenoxy) is 1. The minimum Gasteiger partial charge on any atom is -0.444 e. The number of benzene rings is 1. The maximum atomic E-state index is 12.2. The molecule has 0 aromatic heterocycles.